The number of amides is 3. The molecule has 1 fully saturated rings. The molecular weight excluding hydrogens is 748 g/mol. The quantitative estimate of drug-likeness (QED) is 0.0438. The van der Waals surface area contributed by atoms with Crippen LogP contribution < -0.4 is 26.3 Å². The second-order valence-corrected chi connectivity index (χ2v) is 14.3. The van der Waals surface area contributed by atoms with Crippen molar-refractivity contribution in [2.24, 2.45) is 0 Å². The SMILES string of the molecule is Nc1nc(N)c(C(=O)NC2CCC[N+](CCCc3ccc(OCC(=O)N(O)CCCO)cc3)(CCCc3ccc(OCC(=O)N(O)CCCO)cc3)C2)nc1Cl. The molecule has 1 unspecified atom stereocenters. The summed E-state index contributed by atoms with van der Waals surface area (Å²) in [4.78, 5) is 45.4. The molecule has 0 spiro atoms. The van der Waals surface area contributed by atoms with Crippen molar-refractivity contribution in [2.75, 3.05) is 77.2 Å². The number of nitrogens with two attached hydrogens (primary N) is 2. The van der Waals surface area contributed by atoms with Crippen LogP contribution in [0.1, 0.15) is 60.1 Å². The number of carbonyl (C=O) groups is 3. The fraction of sp³-hybridized carbons (Fsp3) is 0.500. The third kappa shape index (κ3) is 13.8. The van der Waals surface area contributed by atoms with Crippen molar-refractivity contribution in [2.45, 2.75) is 57.4 Å². The number of hydrogen-bond acceptors (Lipinski definition) is 13. The lowest BCUT2D eigenvalue weighted by Crippen LogP contribution is -2.60. The van der Waals surface area contributed by atoms with Crippen LogP contribution in [0.5, 0.6) is 11.5 Å². The molecule has 0 aliphatic carbocycles. The molecule has 17 nitrogen and oxygen atoms in total. The zero-order chi connectivity index (χ0) is 40.5. The molecule has 1 aliphatic rings. The number of nitrogen functional groups attached to an aromatic ring is 2. The predicted molar refractivity (Wildman–Crippen MR) is 207 cm³/mol. The Labute approximate surface area is 331 Å². The van der Waals surface area contributed by atoms with E-state index in [0.717, 1.165) is 73.8 Å². The van der Waals surface area contributed by atoms with Crippen molar-refractivity contribution >= 4 is 41.0 Å². The summed E-state index contributed by atoms with van der Waals surface area (Å²) in [5.41, 5.74) is 13.8. The summed E-state index contributed by atoms with van der Waals surface area (Å²) in [7, 11) is 0. The fourth-order valence-corrected chi connectivity index (χ4v) is 6.82. The lowest BCUT2D eigenvalue weighted by Gasteiger charge is -2.45. The van der Waals surface area contributed by atoms with Crippen molar-refractivity contribution < 1.29 is 49.0 Å². The van der Waals surface area contributed by atoms with E-state index in [1.165, 1.54) is 0 Å². The first-order valence-electron chi connectivity index (χ1n) is 18.8. The number of anilines is 2. The number of nitrogens with one attached hydrogen (secondary N) is 1. The summed E-state index contributed by atoms with van der Waals surface area (Å²) in [6.45, 7) is 2.55. The molecule has 0 bridgehead atoms. The summed E-state index contributed by atoms with van der Waals surface area (Å²) in [6, 6.07) is 14.9. The van der Waals surface area contributed by atoms with Crippen molar-refractivity contribution in [3.05, 3.63) is 70.5 Å². The number of quaternary nitrogens is 1. The highest BCUT2D eigenvalue weighted by molar-refractivity contribution is 6.31. The van der Waals surface area contributed by atoms with E-state index < -0.39 is 17.7 Å². The van der Waals surface area contributed by atoms with E-state index in [1.54, 1.807) is 24.3 Å². The number of aliphatic hydroxyl groups is 2. The number of hydroxylamine groups is 4. The van der Waals surface area contributed by atoms with Gasteiger partial charge in [-0.3, -0.25) is 24.8 Å². The van der Waals surface area contributed by atoms with Gasteiger partial charge in [-0.2, -0.15) is 0 Å². The van der Waals surface area contributed by atoms with Gasteiger partial charge in [0.15, 0.2) is 35.7 Å². The van der Waals surface area contributed by atoms with Crippen molar-refractivity contribution in [1.29, 1.82) is 0 Å². The Balaban J connectivity index is 1.36. The van der Waals surface area contributed by atoms with E-state index in [9.17, 15) is 24.8 Å². The Morgan fingerprint density at radius 1 is 0.786 bits per heavy atom. The molecule has 3 amide bonds. The maximum Gasteiger partial charge on any atom is 0.283 e. The first kappa shape index (κ1) is 43.9. The van der Waals surface area contributed by atoms with Gasteiger partial charge in [-0.15, -0.1) is 0 Å². The highest BCUT2D eigenvalue weighted by Gasteiger charge is 2.35. The van der Waals surface area contributed by atoms with Gasteiger partial charge in [0.2, 0.25) is 0 Å². The van der Waals surface area contributed by atoms with Crippen LogP contribution in [-0.2, 0) is 22.4 Å². The molecule has 56 heavy (non-hydrogen) atoms. The summed E-state index contributed by atoms with van der Waals surface area (Å²) in [6.07, 6.45) is 5.60. The van der Waals surface area contributed by atoms with Gasteiger partial charge in [0, 0.05) is 26.1 Å². The van der Waals surface area contributed by atoms with E-state index in [0.29, 0.717) is 28.2 Å². The topological polar surface area (TPSA) is 247 Å². The van der Waals surface area contributed by atoms with Crippen LogP contribution >= 0.6 is 11.6 Å². The summed E-state index contributed by atoms with van der Waals surface area (Å²) in [5.74, 6) is -0.776. The lowest BCUT2D eigenvalue weighted by atomic mass is 9.99. The highest BCUT2D eigenvalue weighted by atomic mass is 35.5. The van der Waals surface area contributed by atoms with Gasteiger partial charge in [-0.05, 0) is 73.9 Å². The number of nitrogens with zero attached hydrogens (tertiary/aromatic N) is 5. The van der Waals surface area contributed by atoms with E-state index in [1.807, 2.05) is 24.3 Å². The van der Waals surface area contributed by atoms with Crippen molar-refractivity contribution in [3.63, 3.8) is 0 Å². The predicted octanol–water partition coefficient (Wildman–Crippen LogP) is 2.23. The average Bonchev–Trinajstić information content (AvgIpc) is 3.19. The van der Waals surface area contributed by atoms with Crippen molar-refractivity contribution in [1.82, 2.24) is 25.4 Å². The Bertz CT molecular complexity index is 1640. The normalized spacial score (nSPS) is 14.8. The minimum atomic E-state index is -0.595. The first-order valence-corrected chi connectivity index (χ1v) is 19.2. The van der Waals surface area contributed by atoms with E-state index >= 15 is 0 Å². The van der Waals surface area contributed by atoms with Gasteiger partial charge in [0.05, 0.1) is 45.3 Å². The van der Waals surface area contributed by atoms with E-state index in [2.05, 4.69) is 15.3 Å². The third-order valence-electron chi connectivity index (χ3n) is 9.65. The zero-order valence-electron chi connectivity index (χ0n) is 31.5. The first-order chi connectivity index (χ1) is 26.9. The fourth-order valence-electron chi connectivity index (χ4n) is 6.69. The zero-order valence-corrected chi connectivity index (χ0v) is 32.3. The van der Waals surface area contributed by atoms with Crippen molar-refractivity contribution in [3.8, 4) is 11.5 Å². The van der Waals surface area contributed by atoms with E-state index in [4.69, 9.17) is 42.8 Å². The molecule has 1 aromatic heterocycles. The Kier molecular flexibility index (Phi) is 17.3. The number of aliphatic hydroxyl groups excluding tert-OH is 2. The number of likely N-dealkylation sites (tertiary alicyclic amines) is 1. The standard InChI is InChI=1S/C38H53ClN8O9/c39-35-37(41)44-36(40)34(43-35)38(52)42-29-8-3-21-47(24-29,19-1-6-27-9-13-30(14-10-27)55-25-32(50)45(53)17-4-22-48)20-2-7-28-11-15-31(16-12-28)56-26-33(51)46(54)18-5-23-49/h9-16,29,48-49,53-54H,1-8,17-26H2,(H4-,40,41,42,44,52)/p+1. The maximum absolute atomic E-state index is 13.3. The molecular formula is C38H54ClN8O9+. The Morgan fingerprint density at radius 3 is 1.77 bits per heavy atom. The molecule has 1 aliphatic heterocycles. The minimum Gasteiger partial charge on any atom is -0.484 e. The molecule has 0 saturated carbocycles. The van der Waals surface area contributed by atoms with Gasteiger partial charge < -0.3 is 41.0 Å². The average molecular weight is 802 g/mol. The second kappa shape index (κ2) is 22.1. The lowest BCUT2D eigenvalue weighted by molar-refractivity contribution is -0.933. The van der Waals surface area contributed by atoms with Gasteiger partial charge in [-0.25, -0.2) is 20.1 Å². The molecule has 2 heterocycles. The number of rotatable bonds is 22. The molecule has 0 radical (unpaired) electrons. The summed E-state index contributed by atoms with van der Waals surface area (Å²) in [5, 5.41) is 41.4. The van der Waals surface area contributed by atoms with Crippen LogP contribution in [0.3, 0.4) is 0 Å². The number of hydrogen-bond donors (Lipinski definition) is 7. The summed E-state index contributed by atoms with van der Waals surface area (Å²) < 4.78 is 11.9. The van der Waals surface area contributed by atoms with E-state index in [-0.39, 0.29) is 80.9 Å². The molecule has 1 atom stereocenters. The molecule has 1 saturated heterocycles. The van der Waals surface area contributed by atoms with Gasteiger partial charge in [0.25, 0.3) is 17.7 Å². The largest absolute Gasteiger partial charge is 0.484 e. The maximum atomic E-state index is 13.3. The number of ether oxygens (including phenoxy) is 2. The molecule has 2 aromatic carbocycles. The molecule has 306 valence electrons. The number of piperidine rings is 1. The number of aromatic nitrogens is 2. The van der Waals surface area contributed by atoms with Gasteiger partial charge >= 0.3 is 0 Å². The van der Waals surface area contributed by atoms with Crippen LogP contribution in [0.25, 0.3) is 0 Å². The molecule has 18 heteroatoms. The van der Waals surface area contributed by atoms with Crippen LogP contribution in [-0.4, -0.2) is 135 Å². The Hall–Kier alpha value is -4.78. The summed E-state index contributed by atoms with van der Waals surface area (Å²) >= 11 is 6.05. The number of aryl methyl sites for hydroxylation is 2. The highest BCUT2D eigenvalue weighted by Crippen LogP contribution is 2.25. The number of halogens is 1. The van der Waals surface area contributed by atoms with Gasteiger partial charge in [0.1, 0.15) is 11.5 Å². The van der Waals surface area contributed by atoms with Crippen LogP contribution in [0, 0.1) is 0 Å². The Morgan fingerprint density at radius 2 is 1.29 bits per heavy atom. The van der Waals surface area contributed by atoms with Crippen LogP contribution in [0.4, 0.5) is 11.6 Å². The van der Waals surface area contributed by atoms with Crippen LogP contribution in [0.15, 0.2) is 48.5 Å². The molecule has 9 N–H and O–H groups in total. The minimum absolute atomic E-state index is 0.0260. The number of carbonyl (C=O) groups excluding carboxylic acids is 3. The van der Waals surface area contributed by atoms with Gasteiger partial charge in [-0.1, -0.05) is 35.9 Å². The second-order valence-electron chi connectivity index (χ2n) is 13.9. The number of benzene rings is 2. The molecule has 3 aromatic rings. The molecule has 4 rings (SSSR count). The third-order valence-corrected chi connectivity index (χ3v) is 9.92. The smallest absolute Gasteiger partial charge is 0.283 e. The van der Waals surface area contributed by atoms with Crippen LogP contribution in [0.2, 0.25) is 5.15 Å². The monoisotopic (exact) mass is 801 g/mol.